The van der Waals surface area contributed by atoms with Crippen LogP contribution in [0.1, 0.15) is 30.9 Å². The monoisotopic (exact) mass is 262 g/mol. The van der Waals surface area contributed by atoms with Gasteiger partial charge < -0.3 is 15.8 Å². The molecular weight excluding hydrogens is 240 g/mol. The van der Waals surface area contributed by atoms with Crippen LogP contribution in [0.3, 0.4) is 0 Å². The van der Waals surface area contributed by atoms with Crippen molar-refractivity contribution in [3.8, 4) is 5.75 Å². The Balaban J connectivity index is 1.95. The molecule has 1 aromatic rings. The van der Waals surface area contributed by atoms with Crippen molar-refractivity contribution in [1.29, 1.82) is 0 Å². The lowest BCUT2D eigenvalue weighted by molar-refractivity contribution is -0.123. The molecule has 2 rings (SSSR count). The standard InChI is InChI=1S/C15H22N2O2/c1-10-3-6-14(12(7-10)8-11(2)16)19-9-15(18)17-13-4-5-13/h3,6-7,11,13H,4-5,8-9,16H2,1-2H3,(H,17,18). The second-order valence-corrected chi connectivity index (χ2v) is 5.42. The van der Waals surface area contributed by atoms with Crippen LogP contribution in [0.5, 0.6) is 5.75 Å². The molecule has 4 nitrogen and oxygen atoms in total. The maximum Gasteiger partial charge on any atom is 0.258 e. The van der Waals surface area contributed by atoms with Gasteiger partial charge in [-0.05, 0) is 44.7 Å². The molecule has 0 heterocycles. The van der Waals surface area contributed by atoms with Crippen molar-refractivity contribution < 1.29 is 9.53 Å². The third-order valence-electron chi connectivity index (χ3n) is 3.06. The van der Waals surface area contributed by atoms with E-state index < -0.39 is 0 Å². The second-order valence-electron chi connectivity index (χ2n) is 5.42. The molecule has 0 bridgehead atoms. The molecule has 1 unspecified atom stereocenters. The third kappa shape index (κ3) is 4.56. The van der Waals surface area contributed by atoms with Gasteiger partial charge in [-0.2, -0.15) is 0 Å². The highest BCUT2D eigenvalue weighted by Gasteiger charge is 2.23. The van der Waals surface area contributed by atoms with Crippen molar-refractivity contribution in [2.24, 2.45) is 5.73 Å². The Morgan fingerprint density at radius 3 is 2.89 bits per heavy atom. The van der Waals surface area contributed by atoms with E-state index in [1.54, 1.807) is 0 Å². The zero-order valence-corrected chi connectivity index (χ0v) is 11.6. The first-order valence-electron chi connectivity index (χ1n) is 6.82. The lowest BCUT2D eigenvalue weighted by atomic mass is 10.0. The first-order valence-corrected chi connectivity index (χ1v) is 6.82. The van der Waals surface area contributed by atoms with Gasteiger partial charge in [0.15, 0.2) is 6.61 Å². The molecule has 1 aliphatic rings. The molecule has 0 radical (unpaired) electrons. The van der Waals surface area contributed by atoms with E-state index in [0.717, 1.165) is 30.6 Å². The van der Waals surface area contributed by atoms with Crippen molar-refractivity contribution >= 4 is 5.91 Å². The maximum atomic E-state index is 11.6. The molecule has 0 spiro atoms. The number of hydrogen-bond acceptors (Lipinski definition) is 3. The number of rotatable bonds is 6. The fourth-order valence-corrected chi connectivity index (χ4v) is 2.00. The number of hydrogen-bond donors (Lipinski definition) is 2. The van der Waals surface area contributed by atoms with E-state index in [4.69, 9.17) is 10.5 Å². The topological polar surface area (TPSA) is 64.3 Å². The number of nitrogens with two attached hydrogens (primary N) is 1. The summed E-state index contributed by atoms with van der Waals surface area (Å²) in [6, 6.07) is 6.41. The summed E-state index contributed by atoms with van der Waals surface area (Å²) in [5, 5.41) is 2.91. The molecule has 3 N–H and O–H groups in total. The maximum absolute atomic E-state index is 11.6. The van der Waals surface area contributed by atoms with Crippen LogP contribution in [-0.4, -0.2) is 24.6 Å². The van der Waals surface area contributed by atoms with Crippen molar-refractivity contribution in [1.82, 2.24) is 5.32 Å². The quantitative estimate of drug-likeness (QED) is 0.817. The predicted molar refractivity (Wildman–Crippen MR) is 75.2 cm³/mol. The summed E-state index contributed by atoms with van der Waals surface area (Å²) in [5.74, 6) is 0.712. The molecule has 1 fully saturated rings. The smallest absolute Gasteiger partial charge is 0.258 e. The SMILES string of the molecule is Cc1ccc(OCC(=O)NC2CC2)c(CC(C)N)c1. The van der Waals surface area contributed by atoms with Crippen LogP contribution in [0.4, 0.5) is 0 Å². The fourth-order valence-electron chi connectivity index (χ4n) is 2.00. The number of aryl methyl sites for hydroxylation is 1. The number of amides is 1. The van der Waals surface area contributed by atoms with Gasteiger partial charge in [0.25, 0.3) is 5.91 Å². The Morgan fingerprint density at radius 1 is 1.53 bits per heavy atom. The molecule has 1 amide bonds. The molecule has 0 saturated heterocycles. The molecule has 0 aliphatic heterocycles. The van der Waals surface area contributed by atoms with Crippen LogP contribution in [0.2, 0.25) is 0 Å². The van der Waals surface area contributed by atoms with Crippen LogP contribution < -0.4 is 15.8 Å². The van der Waals surface area contributed by atoms with Gasteiger partial charge in [0, 0.05) is 12.1 Å². The predicted octanol–water partition coefficient (Wildman–Crippen LogP) is 1.54. The van der Waals surface area contributed by atoms with E-state index in [0.29, 0.717) is 6.04 Å². The van der Waals surface area contributed by atoms with Gasteiger partial charge in [0.05, 0.1) is 0 Å². The zero-order chi connectivity index (χ0) is 13.8. The first kappa shape index (κ1) is 13.9. The van der Waals surface area contributed by atoms with E-state index >= 15 is 0 Å². The molecule has 0 aromatic heterocycles. The van der Waals surface area contributed by atoms with E-state index in [9.17, 15) is 4.79 Å². The molecule has 1 aromatic carbocycles. The lowest BCUT2D eigenvalue weighted by Crippen LogP contribution is -2.30. The minimum Gasteiger partial charge on any atom is -0.483 e. The Morgan fingerprint density at radius 2 is 2.26 bits per heavy atom. The van der Waals surface area contributed by atoms with Gasteiger partial charge in [0.2, 0.25) is 0 Å². The summed E-state index contributed by atoms with van der Waals surface area (Å²) in [5.41, 5.74) is 8.07. The largest absolute Gasteiger partial charge is 0.483 e. The summed E-state index contributed by atoms with van der Waals surface area (Å²) >= 11 is 0. The van der Waals surface area contributed by atoms with Gasteiger partial charge >= 0.3 is 0 Å². The number of carbonyl (C=O) groups is 1. The van der Waals surface area contributed by atoms with Gasteiger partial charge in [-0.25, -0.2) is 0 Å². The summed E-state index contributed by atoms with van der Waals surface area (Å²) in [6.07, 6.45) is 2.93. The van der Waals surface area contributed by atoms with Gasteiger partial charge in [0.1, 0.15) is 5.75 Å². The number of ether oxygens (including phenoxy) is 1. The average Bonchev–Trinajstić information content (AvgIpc) is 3.11. The Kier molecular flexibility index (Phi) is 4.43. The fraction of sp³-hybridized carbons (Fsp3) is 0.533. The summed E-state index contributed by atoms with van der Waals surface area (Å²) < 4.78 is 5.62. The number of carbonyl (C=O) groups excluding carboxylic acids is 1. The van der Waals surface area contributed by atoms with Crippen molar-refractivity contribution in [3.63, 3.8) is 0 Å². The van der Waals surface area contributed by atoms with Crippen molar-refractivity contribution in [2.45, 2.75) is 45.2 Å². The van der Waals surface area contributed by atoms with E-state index in [1.165, 1.54) is 5.56 Å². The average molecular weight is 262 g/mol. The number of nitrogens with one attached hydrogen (secondary N) is 1. The highest BCUT2D eigenvalue weighted by Crippen LogP contribution is 2.22. The van der Waals surface area contributed by atoms with Crippen LogP contribution in [-0.2, 0) is 11.2 Å². The van der Waals surface area contributed by atoms with Crippen LogP contribution in [0.25, 0.3) is 0 Å². The van der Waals surface area contributed by atoms with Gasteiger partial charge in [-0.15, -0.1) is 0 Å². The zero-order valence-electron chi connectivity index (χ0n) is 11.6. The highest BCUT2D eigenvalue weighted by atomic mass is 16.5. The van der Waals surface area contributed by atoms with Crippen LogP contribution in [0, 0.1) is 6.92 Å². The van der Waals surface area contributed by atoms with Gasteiger partial charge in [-0.1, -0.05) is 17.7 Å². The molecule has 19 heavy (non-hydrogen) atoms. The van der Waals surface area contributed by atoms with Crippen molar-refractivity contribution in [3.05, 3.63) is 29.3 Å². The van der Waals surface area contributed by atoms with E-state index in [-0.39, 0.29) is 18.6 Å². The molecular formula is C15H22N2O2. The lowest BCUT2D eigenvalue weighted by Gasteiger charge is -2.14. The molecule has 1 aliphatic carbocycles. The first-order chi connectivity index (χ1) is 9.04. The Bertz CT molecular complexity index is 453. The minimum absolute atomic E-state index is 0.0465. The van der Waals surface area contributed by atoms with Crippen molar-refractivity contribution in [2.75, 3.05) is 6.61 Å². The summed E-state index contributed by atoms with van der Waals surface area (Å²) in [6.45, 7) is 4.08. The number of benzene rings is 1. The van der Waals surface area contributed by atoms with Crippen LogP contribution >= 0.6 is 0 Å². The summed E-state index contributed by atoms with van der Waals surface area (Å²) in [7, 11) is 0. The molecule has 4 heteroatoms. The molecule has 104 valence electrons. The Labute approximate surface area is 114 Å². The third-order valence-corrected chi connectivity index (χ3v) is 3.06. The second kappa shape index (κ2) is 6.06. The normalized spacial score (nSPS) is 15.9. The molecule has 1 atom stereocenters. The van der Waals surface area contributed by atoms with E-state index in [1.807, 2.05) is 26.0 Å². The Hall–Kier alpha value is -1.55. The highest BCUT2D eigenvalue weighted by molar-refractivity contribution is 5.78. The van der Waals surface area contributed by atoms with Crippen LogP contribution in [0.15, 0.2) is 18.2 Å². The minimum atomic E-state index is -0.0465. The summed E-state index contributed by atoms with van der Waals surface area (Å²) in [4.78, 5) is 11.6. The van der Waals surface area contributed by atoms with Gasteiger partial charge in [-0.3, -0.25) is 4.79 Å². The molecule has 1 saturated carbocycles. The van der Waals surface area contributed by atoms with E-state index in [2.05, 4.69) is 11.4 Å².